The second-order valence-corrected chi connectivity index (χ2v) is 3.49. The Hall–Kier alpha value is -1.31. The molecule has 0 radical (unpaired) electrons. The summed E-state index contributed by atoms with van der Waals surface area (Å²) >= 11 is 0. The third-order valence-electron chi connectivity index (χ3n) is 2.14. The third-order valence-corrected chi connectivity index (χ3v) is 2.14. The molecule has 1 aromatic carbocycles. The van der Waals surface area contributed by atoms with Gasteiger partial charge in [-0.15, -0.1) is 0 Å². The van der Waals surface area contributed by atoms with Gasteiger partial charge >= 0.3 is 5.97 Å². The summed E-state index contributed by atoms with van der Waals surface area (Å²) in [5.74, 6) is -0.233. The second kappa shape index (κ2) is 4.80. The molecule has 1 atom stereocenters. The molecule has 2 nitrogen and oxygen atoms in total. The van der Waals surface area contributed by atoms with Crippen LogP contribution in [0, 0.1) is 6.92 Å². The minimum absolute atomic E-state index is 0.0111. The van der Waals surface area contributed by atoms with Gasteiger partial charge in [-0.3, -0.25) is 0 Å². The number of carbonyl (C=O) groups excluding carboxylic acids is 1. The fraction of sp³-hybridized carbons (Fsp3) is 0.417. The minimum Gasteiger partial charge on any atom is -0.459 e. The van der Waals surface area contributed by atoms with Crippen molar-refractivity contribution in [3.63, 3.8) is 0 Å². The molecule has 0 N–H and O–H groups in total. The van der Waals surface area contributed by atoms with Gasteiger partial charge in [-0.25, -0.2) is 4.79 Å². The largest absolute Gasteiger partial charge is 0.459 e. The summed E-state index contributed by atoms with van der Waals surface area (Å²) in [6.07, 6.45) is 0.834. The van der Waals surface area contributed by atoms with E-state index < -0.39 is 0 Å². The third kappa shape index (κ3) is 2.87. The number of rotatable bonds is 3. The average Bonchev–Trinajstić information content (AvgIpc) is 2.17. The fourth-order valence-corrected chi connectivity index (χ4v) is 1.11. The first-order valence-corrected chi connectivity index (χ1v) is 4.91. The lowest BCUT2D eigenvalue weighted by Crippen LogP contribution is -2.13. The van der Waals surface area contributed by atoms with Gasteiger partial charge in [0.05, 0.1) is 11.7 Å². The quantitative estimate of drug-likeness (QED) is 0.688. The van der Waals surface area contributed by atoms with Crippen LogP contribution in [0.2, 0.25) is 0 Å². The van der Waals surface area contributed by atoms with Gasteiger partial charge in [-0.2, -0.15) is 0 Å². The van der Waals surface area contributed by atoms with Crippen LogP contribution in [0.5, 0.6) is 0 Å². The highest BCUT2D eigenvalue weighted by Gasteiger charge is 2.09. The summed E-state index contributed by atoms with van der Waals surface area (Å²) in [6, 6.07) is 7.44. The van der Waals surface area contributed by atoms with E-state index in [0.29, 0.717) is 5.56 Å². The van der Waals surface area contributed by atoms with E-state index in [2.05, 4.69) is 0 Å². The molecule has 0 heterocycles. The van der Waals surface area contributed by atoms with Gasteiger partial charge in [0.1, 0.15) is 0 Å². The summed E-state index contributed by atoms with van der Waals surface area (Å²) in [7, 11) is 0. The number of esters is 1. The van der Waals surface area contributed by atoms with Crippen LogP contribution in [0.3, 0.4) is 0 Å². The van der Waals surface area contributed by atoms with E-state index in [4.69, 9.17) is 4.74 Å². The Morgan fingerprint density at radius 1 is 1.50 bits per heavy atom. The molecular formula is C12H16O2. The minimum atomic E-state index is -0.233. The molecule has 1 unspecified atom stereocenters. The van der Waals surface area contributed by atoms with Crippen molar-refractivity contribution < 1.29 is 9.53 Å². The molecule has 0 fully saturated rings. The highest BCUT2D eigenvalue weighted by molar-refractivity contribution is 5.89. The molecule has 0 aliphatic heterocycles. The smallest absolute Gasteiger partial charge is 0.338 e. The maximum atomic E-state index is 11.5. The summed E-state index contributed by atoms with van der Waals surface area (Å²) in [6.45, 7) is 5.85. The Kier molecular flexibility index (Phi) is 3.69. The lowest BCUT2D eigenvalue weighted by Gasteiger charge is -2.10. The maximum absolute atomic E-state index is 11.5. The van der Waals surface area contributed by atoms with Gasteiger partial charge in [-0.1, -0.05) is 24.6 Å². The van der Waals surface area contributed by atoms with Crippen molar-refractivity contribution in [2.75, 3.05) is 0 Å². The van der Waals surface area contributed by atoms with E-state index in [1.165, 1.54) is 0 Å². The van der Waals surface area contributed by atoms with Gasteiger partial charge in [0.25, 0.3) is 0 Å². The number of carbonyl (C=O) groups is 1. The zero-order chi connectivity index (χ0) is 10.6. The molecule has 1 aromatic rings. The predicted octanol–water partition coefficient (Wildman–Crippen LogP) is 2.95. The molecule has 0 saturated carbocycles. The van der Waals surface area contributed by atoms with Crippen molar-refractivity contribution in [2.45, 2.75) is 33.3 Å². The van der Waals surface area contributed by atoms with Crippen LogP contribution in [0.4, 0.5) is 0 Å². The number of hydrogen-bond acceptors (Lipinski definition) is 2. The van der Waals surface area contributed by atoms with E-state index in [0.717, 1.165) is 12.0 Å². The zero-order valence-electron chi connectivity index (χ0n) is 8.91. The lowest BCUT2D eigenvalue weighted by molar-refractivity contribution is 0.0334. The lowest BCUT2D eigenvalue weighted by atomic mass is 10.1. The van der Waals surface area contributed by atoms with Crippen molar-refractivity contribution >= 4 is 5.97 Å². The molecule has 0 spiro atoms. The highest BCUT2D eigenvalue weighted by Crippen LogP contribution is 2.08. The molecule has 76 valence electrons. The van der Waals surface area contributed by atoms with Crippen molar-refractivity contribution in [1.82, 2.24) is 0 Å². The van der Waals surface area contributed by atoms with Crippen molar-refractivity contribution in [3.05, 3.63) is 35.4 Å². The van der Waals surface area contributed by atoms with Crippen LogP contribution >= 0.6 is 0 Å². The predicted molar refractivity (Wildman–Crippen MR) is 56.3 cm³/mol. The Labute approximate surface area is 84.9 Å². The molecule has 0 saturated heterocycles. The van der Waals surface area contributed by atoms with Crippen LogP contribution < -0.4 is 0 Å². The van der Waals surface area contributed by atoms with Crippen LogP contribution in [-0.4, -0.2) is 12.1 Å². The first-order chi connectivity index (χ1) is 6.63. The van der Waals surface area contributed by atoms with Gasteiger partial charge < -0.3 is 4.74 Å². The van der Waals surface area contributed by atoms with Crippen LogP contribution in [0.25, 0.3) is 0 Å². The van der Waals surface area contributed by atoms with Crippen LogP contribution in [-0.2, 0) is 4.74 Å². The second-order valence-electron chi connectivity index (χ2n) is 3.49. The first kappa shape index (κ1) is 10.8. The Morgan fingerprint density at radius 3 is 2.79 bits per heavy atom. The molecule has 2 heteroatoms. The molecule has 14 heavy (non-hydrogen) atoms. The molecule has 1 rings (SSSR count). The Balaban J connectivity index is 2.70. The molecule has 0 bridgehead atoms. The zero-order valence-corrected chi connectivity index (χ0v) is 8.91. The SMILES string of the molecule is CCC(C)OC(=O)c1cccc(C)c1. The van der Waals surface area contributed by atoms with Gasteiger partial charge in [0.15, 0.2) is 0 Å². The van der Waals surface area contributed by atoms with Crippen molar-refractivity contribution in [3.8, 4) is 0 Å². The van der Waals surface area contributed by atoms with E-state index in [9.17, 15) is 4.79 Å². The summed E-state index contributed by atoms with van der Waals surface area (Å²) in [5.41, 5.74) is 1.70. The molecule has 0 aromatic heterocycles. The Morgan fingerprint density at radius 2 is 2.21 bits per heavy atom. The normalized spacial score (nSPS) is 12.2. The van der Waals surface area contributed by atoms with Crippen molar-refractivity contribution in [2.24, 2.45) is 0 Å². The molecule has 0 amide bonds. The number of benzene rings is 1. The Bertz CT molecular complexity index is 318. The van der Waals surface area contributed by atoms with E-state index >= 15 is 0 Å². The fourth-order valence-electron chi connectivity index (χ4n) is 1.11. The van der Waals surface area contributed by atoms with Crippen LogP contribution in [0.15, 0.2) is 24.3 Å². The molecule has 0 aliphatic rings. The van der Waals surface area contributed by atoms with Gasteiger partial charge in [-0.05, 0) is 32.4 Å². The topological polar surface area (TPSA) is 26.3 Å². The summed E-state index contributed by atoms with van der Waals surface area (Å²) in [4.78, 5) is 11.5. The van der Waals surface area contributed by atoms with E-state index in [1.54, 1.807) is 6.07 Å². The van der Waals surface area contributed by atoms with E-state index in [-0.39, 0.29) is 12.1 Å². The van der Waals surface area contributed by atoms with Gasteiger partial charge in [0.2, 0.25) is 0 Å². The van der Waals surface area contributed by atoms with Gasteiger partial charge in [0, 0.05) is 0 Å². The number of aryl methyl sites for hydroxylation is 1. The maximum Gasteiger partial charge on any atom is 0.338 e. The molecular weight excluding hydrogens is 176 g/mol. The monoisotopic (exact) mass is 192 g/mol. The average molecular weight is 192 g/mol. The highest BCUT2D eigenvalue weighted by atomic mass is 16.5. The number of hydrogen-bond donors (Lipinski definition) is 0. The van der Waals surface area contributed by atoms with Crippen molar-refractivity contribution in [1.29, 1.82) is 0 Å². The first-order valence-electron chi connectivity index (χ1n) is 4.91. The van der Waals surface area contributed by atoms with E-state index in [1.807, 2.05) is 39.0 Å². The standard InChI is InChI=1S/C12H16O2/c1-4-10(3)14-12(13)11-7-5-6-9(2)8-11/h5-8,10H,4H2,1-3H3. The summed E-state index contributed by atoms with van der Waals surface area (Å²) < 4.78 is 5.20. The van der Waals surface area contributed by atoms with Crippen LogP contribution in [0.1, 0.15) is 36.2 Å². The number of ether oxygens (including phenoxy) is 1. The molecule has 0 aliphatic carbocycles. The summed E-state index contributed by atoms with van der Waals surface area (Å²) in [5, 5.41) is 0.